The van der Waals surface area contributed by atoms with Gasteiger partial charge in [0.1, 0.15) is 0 Å². The van der Waals surface area contributed by atoms with Crippen LogP contribution in [0.4, 0.5) is 5.69 Å². The summed E-state index contributed by atoms with van der Waals surface area (Å²) in [4.78, 5) is 0. The summed E-state index contributed by atoms with van der Waals surface area (Å²) in [5, 5.41) is 8.19. The van der Waals surface area contributed by atoms with Crippen LogP contribution in [0.1, 0.15) is 22.3 Å². The number of benzene rings is 4. The van der Waals surface area contributed by atoms with E-state index < -0.39 is 7.92 Å². The number of allylic oxidation sites excluding steroid dienone is 1. The van der Waals surface area contributed by atoms with E-state index in [-0.39, 0.29) is 0 Å². The van der Waals surface area contributed by atoms with E-state index in [1.165, 1.54) is 49.6 Å². The smallest absolute Gasteiger partial charge is 0.0508 e. The maximum absolute atomic E-state index is 3.90. The zero-order chi connectivity index (χ0) is 21.2. The van der Waals surface area contributed by atoms with E-state index in [2.05, 4.69) is 122 Å². The van der Waals surface area contributed by atoms with Crippen molar-refractivity contribution in [2.45, 2.75) is 20.3 Å². The fourth-order valence-corrected chi connectivity index (χ4v) is 7.01. The van der Waals surface area contributed by atoms with Gasteiger partial charge < -0.3 is 5.32 Å². The first-order valence-corrected chi connectivity index (χ1v) is 12.1. The minimum Gasteiger partial charge on any atom is -0.354 e. The van der Waals surface area contributed by atoms with Crippen LogP contribution in [-0.2, 0) is 6.42 Å². The van der Waals surface area contributed by atoms with Crippen LogP contribution in [-0.4, -0.2) is 0 Å². The van der Waals surface area contributed by atoms with Crippen LogP contribution in [0.2, 0.25) is 0 Å². The molecule has 0 atom stereocenters. The second kappa shape index (κ2) is 8.53. The number of hydrogen-bond donors (Lipinski definition) is 1. The quantitative estimate of drug-likeness (QED) is 0.352. The molecule has 5 rings (SSSR count). The molecule has 0 spiro atoms. The summed E-state index contributed by atoms with van der Waals surface area (Å²) in [6.07, 6.45) is 0.985. The van der Waals surface area contributed by atoms with Gasteiger partial charge >= 0.3 is 0 Å². The van der Waals surface area contributed by atoms with Crippen LogP contribution in [0.15, 0.2) is 108 Å². The maximum atomic E-state index is 3.90. The Morgan fingerprint density at radius 2 is 1.16 bits per heavy atom. The molecule has 0 heterocycles. The molecule has 0 aromatic heterocycles. The summed E-state index contributed by atoms with van der Waals surface area (Å²) < 4.78 is 0. The Morgan fingerprint density at radius 3 is 1.77 bits per heavy atom. The van der Waals surface area contributed by atoms with Crippen LogP contribution in [0, 0.1) is 13.8 Å². The first-order chi connectivity index (χ1) is 15.2. The highest BCUT2D eigenvalue weighted by Gasteiger charge is 2.29. The lowest BCUT2D eigenvalue weighted by molar-refractivity contribution is 1.29. The summed E-state index contributed by atoms with van der Waals surface area (Å²) in [5.74, 6) is 0. The van der Waals surface area contributed by atoms with E-state index in [1.807, 2.05) is 0 Å². The second-order valence-electron chi connectivity index (χ2n) is 8.05. The normalized spacial score (nSPS) is 12.9. The molecule has 1 aliphatic carbocycles. The van der Waals surface area contributed by atoms with E-state index in [0.717, 1.165) is 6.42 Å². The largest absolute Gasteiger partial charge is 0.354 e. The van der Waals surface area contributed by atoms with Crippen LogP contribution < -0.4 is 15.9 Å². The van der Waals surface area contributed by atoms with Gasteiger partial charge in [0.05, 0.1) is 5.70 Å². The van der Waals surface area contributed by atoms with Gasteiger partial charge in [-0.05, 0) is 54.4 Å². The van der Waals surface area contributed by atoms with Crippen molar-refractivity contribution in [2.24, 2.45) is 0 Å². The third-order valence-corrected chi connectivity index (χ3v) is 8.51. The van der Waals surface area contributed by atoms with Crippen molar-refractivity contribution in [1.29, 1.82) is 0 Å². The minimum atomic E-state index is -0.636. The Morgan fingerprint density at radius 1 is 0.613 bits per heavy atom. The molecule has 0 unspecified atom stereocenters. The summed E-state index contributed by atoms with van der Waals surface area (Å²) in [6.45, 7) is 4.38. The lowest BCUT2D eigenvalue weighted by Crippen LogP contribution is -2.14. The van der Waals surface area contributed by atoms with Crippen LogP contribution >= 0.6 is 7.92 Å². The van der Waals surface area contributed by atoms with Crippen molar-refractivity contribution in [1.82, 2.24) is 0 Å². The molecular weight excluding hydrogens is 393 g/mol. The lowest BCUT2D eigenvalue weighted by atomic mass is 10.1. The van der Waals surface area contributed by atoms with Crippen molar-refractivity contribution in [3.8, 4) is 0 Å². The molecule has 152 valence electrons. The highest BCUT2D eigenvalue weighted by atomic mass is 31.1. The Labute approximate surface area is 186 Å². The molecule has 0 aliphatic heterocycles. The van der Waals surface area contributed by atoms with Gasteiger partial charge in [-0.25, -0.2) is 0 Å². The van der Waals surface area contributed by atoms with Gasteiger partial charge in [0.25, 0.3) is 0 Å². The highest BCUT2D eigenvalue weighted by Crippen LogP contribution is 2.52. The third-order valence-electron chi connectivity index (χ3n) is 5.96. The maximum Gasteiger partial charge on any atom is 0.0508 e. The van der Waals surface area contributed by atoms with Gasteiger partial charge in [0.15, 0.2) is 0 Å². The Kier molecular flexibility index (Phi) is 5.45. The predicted octanol–water partition coefficient (Wildman–Crippen LogP) is 6.77. The molecule has 0 saturated heterocycles. The van der Waals surface area contributed by atoms with Crippen molar-refractivity contribution in [3.05, 3.63) is 131 Å². The van der Waals surface area contributed by atoms with E-state index >= 15 is 0 Å². The second-order valence-corrected chi connectivity index (χ2v) is 10.3. The van der Waals surface area contributed by atoms with Crippen molar-refractivity contribution >= 4 is 29.9 Å². The third kappa shape index (κ3) is 3.82. The Hall–Kier alpha value is -3.15. The van der Waals surface area contributed by atoms with E-state index in [0.29, 0.717) is 0 Å². The van der Waals surface area contributed by atoms with Crippen LogP contribution in [0.25, 0.3) is 5.70 Å². The number of hydrogen-bond acceptors (Lipinski definition) is 1. The van der Waals surface area contributed by atoms with Crippen LogP contribution in [0.5, 0.6) is 0 Å². The van der Waals surface area contributed by atoms with Gasteiger partial charge in [-0.1, -0.05) is 103 Å². The summed E-state index contributed by atoms with van der Waals surface area (Å²) in [6, 6.07) is 37.4. The summed E-state index contributed by atoms with van der Waals surface area (Å²) in [5.41, 5.74) is 7.81. The molecular formula is C29H26NP. The highest BCUT2D eigenvalue weighted by molar-refractivity contribution is 7.77. The minimum absolute atomic E-state index is 0.636. The van der Waals surface area contributed by atoms with E-state index in [1.54, 1.807) is 0 Å². The van der Waals surface area contributed by atoms with Gasteiger partial charge in [0, 0.05) is 17.7 Å². The zero-order valence-corrected chi connectivity index (χ0v) is 18.9. The molecule has 0 saturated carbocycles. The predicted molar refractivity (Wildman–Crippen MR) is 136 cm³/mol. The monoisotopic (exact) mass is 419 g/mol. The van der Waals surface area contributed by atoms with Crippen LogP contribution in [0.3, 0.4) is 0 Å². The molecule has 0 radical (unpaired) electrons. The summed E-state index contributed by atoms with van der Waals surface area (Å²) >= 11 is 0. The van der Waals surface area contributed by atoms with Gasteiger partial charge in [-0.3, -0.25) is 0 Å². The number of rotatable bonds is 5. The number of anilines is 1. The zero-order valence-electron chi connectivity index (χ0n) is 18.0. The lowest BCUT2D eigenvalue weighted by Gasteiger charge is -2.23. The fraction of sp³-hybridized carbons (Fsp3) is 0.103. The molecule has 31 heavy (non-hydrogen) atoms. The molecule has 0 amide bonds. The molecule has 1 aliphatic rings. The van der Waals surface area contributed by atoms with Crippen molar-refractivity contribution in [3.63, 3.8) is 0 Å². The Balaban J connectivity index is 1.72. The molecule has 0 fully saturated rings. The SMILES string of the molecule is Cc1cccc(C)c1NC1=C(P(c2ccccc2)c2ccccc2)Cc2ccccc21. The first kappa shape index (κ1) is 19.8. The molecule has 4 aromatic carbocycles. The topological polar surface area (TPSA) is 12.0 Å². The fourth-order valence-electron chi connectivity index (χ4n) is 4.42. The van der Waals surface area contributed by atoms with Gasteiger partial charge in [-0.2, -0.15) is 0 Å². The van der Waals surface area contributed by atoms with Gasteiger partial charge in [0.2, 0.25) is 0 Å². The standard InChI is InChI=1S/C29H26NP/c1-21-12-11-13-22(2)28(21)30-29-26-19-10-9-14-23(26)20-27(29)31(24-15-5-3-6-16-24)25-17-7-4-8-18-25/h3-19,30H,20H2,1-2H3. The van der Waals surface area contributed by atoms with Gasteiger partial charge in [-0.15, -0.1) is 0 Å². The molecule has 4 aromatic rings. The molecule has 1 N–H and O–H groups in total. The first-order valence-electron chi connectivity index (χ1n) is 10.8. The number of fused-ring (bicyclic) bond motifs is 1. The van der Waals surface area contributed by atoms with E-state index in [9.17, 15) is 0 Å². The number of para-hydroxylation sites is 1. The average Bonchev–Trinajstić information content (AvgIpc) is 3.16. The van der Waals surface area contributed by atoms with Crippen molar-refractivity contribution in [2.75, 3.05) is 5.32 Å². The summed E-state index contributed by atoms with van der Waals surface area (Å²) in [7, 11) is -0.636. The molecule has 2 heteroatoms. The average molecular weight is 420 g/mol. The molecule has 0 bridgehead atoms. The Bertz CT molecular complexity index is 1180. The number of nitrogens with one attached hydrogen (secondary N) is 1. The van der Waals surface area contributed by atoms with Crippen molar-refractivity contribution < 1.29 is 0 Å². The molecule has 1 nitrogen and oxygen atoms in total. The number of aryl methyl sites for hydroxylation is 2. The van der Waals surface area contributed by atoms with E-state index in [4.69, 9.17) is 0 Å².